The van der Waals surface area contributed by atoms with E-state index in [9.17, 15) is 13.2 Å². The zero-order valence-corrected chi connectivity index (χ0v) is 11.6. The Hall–Kier alpha value is -0.290. The van der Waals surface area contributed by atoms with Crippen LogP contribution < -0.4 is 5.32 Å². The molecule has 1 N–H and O–H groups in total. The minimum atomic E-state index is -4.23. The van der Waals surface area contributed by atoms with Crippen LogP contribution in [0.5, 0.6) is 0 Å². The highest BCUT2D eigenvalue weighted by Crippen LogP contribution is 2.17. The number of hydrogen-bond donors (Lipinski definition) is 1. The lowest BCUT2D eigenvalue weighted by Crippen LogP contribution is -2.37. The molecule has 0 saturated carbocycles. The van der Waals surface area contributed by atoms with Crippen LogP contribution in [0.2, 0.25) is 0 Å². The van der Waals surface area contributed by atoms with Crippen molar-refractivity contribution in [3.8, 4) is 0 Å². The van der Waals surface area contributed by atoms with Gasteiger partial charge in [-0.05, 0) is 25.3 Å². The lowest BCUT2D eigenvalue weighted by atomic mass is 9.95. The number of ether oxygens (including phenoxy) is 1. The van der Waals surface area contributed by atoms with Gasteiger partial charge in [-0.1, -0.05) is 33.6 Å². The number of hydrogen-bond acceptors (Lipinski definition) is 2. The summed E-state index contributed by atoms with van der Waals surface area (Å²) in [6.45, 7) is 6.07. The summed E-state index contributed by atoms with van der Waals surface area (Å²) >= 11 is 0. The van der Waals surface area contributed by atoms with E-state index < -0.39 is 12.8 Å². The molecular weight excluding hydrogens is 243 g/mol. The van der Waals surface area contributed by atoms with E-state index >= 15 is 0 Å². The Bertz CT molecular complexity index is 193. The first-order valence-corrected chi connectivity index (χ1v) is 6.80. The van der Waals surface area contributed by atoms with Crippen LogP contribution in [0.1, 0.15) is 46.5 Å². The van der Waals surface area contributed by atoms with Gasteiger partial charge in [0.2, 0.25) is 0 Å². The van der Waals surface area contributed by atoms with Gasteiger partial charge in [-0.25, -0.2) is 0 Å². The minimum absolute atomic E-state index is 0.0252. The van der Waals surface area contributed by atoms with Crippen molar-refractivity contribution in [2.24, 2.45) is 5.92 Å². The fourth-order valence-corrected chi connectivity index (χ4v) is 1.90. The maximum absolute atomic E-state index is 12.0. The number of nitrogens with one attached hydrogen (secondary N) is 1. The smallest absolute Gasteiger partial charge is 0.370 e. The molecular formula is C13H26F3NO. The van der Waals surface area contributed by atoms with Crippen LogP contribution in [0, 0.1) is 5.92 Å². The maximum atomic E-state index is 12.0. The Labute approximate surface area is 108 Å². The van der Waals surface area contributed by atoms with Crippen molar-refractivity contribution in [2.45, 2.75) is 58.7 Å². The van der Waals surface area contributed by atoms with Crippen molar-refractivity contribution in [3.05, 3.63) is 0 Å². The fraction of sp³-hybridized carbons (Fsp3) is 1.00. The van der Waals surface area contributed by atoms with Crippen molar-refractivity contribution in [1.82, 2.24) is 5.32 Å². The first-order valence-electron chi connectivity index (χ1n) is 6.80. The van der Waals surface area contributed by atoms with Gasteiger partial charge in [-0.15, -0.1) is 0 Å². The summed E-state index contributed by atoms with van der Waals surface area (Å²) in [7, 11) is 0. The lowest BCUT2D eigenvalue weighted by molar-refractivity contribution is -0.175. The molecule has 0 heterocycles. The van der Waals surface area contributed by atoms with Crippen LogP contribution in [0.3, 0.4) is 0 Å². The van der Waals surface area contributed by atoms with Gasteiger partial charge >= 0.3 is 6.18 Å². The Balaban J connectivity index is 4.05. The number of rotatable bonds is 10. The van der Waals surface area contributed by atoms with Crippen LogP contribution in [0.25, 0.3) is 0 Å². The SMILES string of the molecule is CCCNC(COCC(F)(F)F)CC(CC)CC. The van der Waals surface area contributed by atoms with E-state index in [0.717, 1.165) is 32.2 Å². The summed E-state index contributed by atoms with van der Waals surface area (Å²) in [5, 5.41) is 3.26. The minimum Gasteiger partial charge on any atom is -0.370 e. The highest BCUT2D eigenvalue weighted by molar-refractivity contribution is 4.71. The van der Waals surface area contributed by atoms with Crippen molar-refractivity contribution in [1.29, 1.82) is 0 Å². The normalized spacial score (nSPS) is 14.2. The zero-order chi connectivity index (χ0) is 14.0. The molecule has 2 nitrogen and oxygen atoms in total. The Morgan fingerprint density at radius 1 is 1.11 bits per heavy atom. The molecule has 0 aromatic heterocycles. The lowest BCUT2D eigenvalue weighted by Gasteiger charge is -2.23. The van der Waals surface area contributed by atoms with Gasteiger partial charge in [0.15, 0.2) is 0 Å². The van der Waals surface area contributed by atoms with Gasteiger partial charge in [0, 0.05) is 6.04 Å². The summed E-state index contributed by atoms with van der Waals surface area (Å²) in [4.78, 5) is 0. The summed E-state index contributed by atoms with van der Waals surface area (Å²) in [6.07, 6.45) is -0.270. The van der Waals surface area contributed by atoms with Gasteiger partial charge in [0.05, 0.1) is 6.61 Å². The van der Waals surface area contributed by atoms with Crippen molar-refractivity contribution >= 4 is 0 Å². The topological polar surface area (TPSA) is 21.3 Å². The van der Waals surface area contributed by atoms with Crippen LogP contribution in [0.15, 0.2) is 0 Å². The molecule has 0 fully saturated rings. The standard InChI is InChI=1S/C13H26F3NO/c1-4-7-17-12(8-11(5-2)6-3)9-18-10-13(14,15)16/h11-12,17H,4-10H2,1-3H3. The quantitative estimate of drug-likeness (QED) is 0.652. The molecule has 5 heteroatoms. The zero-order valence-electron chi connectivity index (χ0n) is 11.6. The van der Waals surface area contributed by atoms with Gasteiger partial charge in [-0.3, -0.25) is 0 Å². The van der Waals surface area contributed by atoms with Crippen molar-refractivity contribution < 1.29 is 17.9 Å². The monoisotopic (exact) mass is 269 g/mol. The molecule has 18 heavy (non-hydrogen) atoms. The van der Waals surface area contributed by atoms with Gasteiger partial charge in [-0.2, -0.15) is 13.2 Å². The molecule has 0 aliphatic heterocycles. The van der Waals surface area contributed by atoms with Crippen molar-refractivity contribution in [2.75, 3.05) is 19.8 Å². The predicted octanol–water partition coefficient (Wildman–Crippen LogP) is 3.76. The summed E-state index contributed by atoms with van der Waals surface area (Å²) in [5.74, 6) is 0.550. The average Bonchev–Trinajstić information content (AvgIpc) is 2.30. The van der Waals surface area contributed by atoms with E-state index in [0.29, 0.717) is 5.92 Å². The number of halogens is 3. The third-order valence-corrected chi connectivity index (χ3v) is 3.04. The molecule has 0 bridgehead atoms. The van der Waals surface area contributed by atoms with Crippen molar-refractivity contribution in [3.63, 3.8) is 0 Å². The highest BCUT2D eigenvalue weighted by Gasteiger charge is 2.28. The third kappa shape index (κ3) is 9.71. The van der Waals surface area contributed by atoms with E-state index in [2.05, 4.69) is 19.2 Å². The Morgan fingerprint density at radius 2 is 1.72 bits per heavy atom. The first kappa shape index (κ1) is 17.7. The fourth-order valence-electron chi connectivity index (χ4n) is 1.90. The van der Waals surface area contributed by atoms with Crippen LogP contribution in [0.4, 0.5) is 13.2 Å². The Kier molecular flexibility index (Phi) is 9.46. The molecule has 0 aromatic carbocycles. The number of alkyl halides is 3. The molecule has 0 aromatic rings. The molecule has 0 saturated heterocycles. The molecule has 1 atom stereocenters. The molecule has 0 rings (SSSR count). The summed E-state index contributed by atoms with van der Waals surface area (Å²) in [6, 6.07) is 0.0252. The molecule has 1 unspecified atom stereocenters. The molecule has 0 spiro atoms. The van der Waals surface area contributed by atoms with Gasteiger partial charge < -0.3 is 10.1 Å². The highest BCUT2D eigenvalue weighted by atomic mass is 19.4. The van der Waals surface area contributed by atoms with E-state index in [-0.39, 0.29) is 12.6 Å². The average molecular weight is 269 g/mol. The maximum Gasteiger partial charge on any atom is 0.411 e. The second-order valence-corrected chi connectivity index (χ2v) is 4.70. The van der Waals surface area contributed by atoms with Gasteiger partial charge in [0.1, 0.15) is 6.61 Å². The van der Waals surface area contributed by atoms with E-state index in [1.165, 1.54) is 0 Å². The predicted molar refractivity (Wildman–Crippen MR) is 67.6 cm³/mol. The first-order chi connectivity index (χ1) is 8.42. The second kappa shape index (κ2) is 9.62. The largest absolute Gasteiger partial charge is 0.411 e. The third-order valence-electron chi connectivity index (χ3n) is 3.04. The molecule has 0 amide bonds. The van der Waals surface area contributed by atoms with Crippen LogP contribution in [-0.4, -0.2) is 32.0 Å². The van der Waals surface area contributed by atoms with Crippen LogP contribution in [-0.2, 0) is 4.74 Å². The second-order valence-electron chi connectivity index (χ2n) is 4.70. The summed E-state index contributed by atoms with van der Waals surface area (Å²) in [5.41, 5.74) is 0. The van der Waals surface area contributed by atoms with E-state index in [1.807, 2.05) is 6.92 Å². The Morgan fingerprint density at radius 3 is 2.17 bits per heavy atom. The van der Waals surface area contributed by atoms with Gasteiger partial charge in [0.25, 0.3) is 0 Å². The molecule has 0 aliphatic rings. The molecule has 0 aliphatic carbocycles. The van der Waals surface area contributed by atoms with Crippen LogP contribution >= 0.6 is 0 Å². The molecule has 110 valence electrons. The summed E-state index contributed by atoms with van der Waals surface area (Å²) < 4.78 is 40.8. The molecule has 0 radical (unpaired) electrons. The van der Waals surface area contributed by atoms with E-state index in [4.69, 9.17) is 4.74 Å². The van der Waals surface area contributed by atoms with E-state index in [1.54, 1.807) is 0 Å².